The third-order valence-corrected chi connectivity index (χ3v) is 5.49. The van der Waals surface area contributed by atoms with Crippen LogP contribution >= 0.6 is 0 Å². The van der Waals surface area contributed by atoms with Crippen LogP contribution in [0.3, 0.4) is 0 Å². The second kappa shape index (κ2) is 5.10. The van der Waals surface area contributed by atoms with Crippen molar-refractivity contribution in [1.29, 1.82) is 0 Å². The summed E-state index contributed by atoms with van der Waals surface area (Å²) in [6.45, 7) is 5.74. The number of unbranched alkanes of at least 4 members (excludes halogenated alkanes) is 1. The Morgan fingerprint density at radius 1 is 1.36 bits per heavy atom. The van der Waals surface area contributed by atoms with E-state index in [1.807, 2.05) is 30.3 Å². The summed E-state index contributed by atoms with van der Waals surface area (Å²) in [5.74, 6) is 0. The van der Waals surface area contributed by atoms with Crippen LogP contribution in [0.25, 0.3) is 0 Å². The van der Waals surface area contributed by atoms with Gasteiger partial charge < -0.3 is 4.11 Å². The monoisotopic (exact) mass is 208 g/mol. The van der Waals surface area contributed by atoms with Gasteiger partial charge in [-0.3, -0.25) is 0 Å². The van der Waals surface area contributed by atoms with Gasteiger partial charge in [-0.2, -0.15) is 0 Å². The molecule has 2 heteroatoms. The van der Waals surface area contributed by atoms with Crippen LogP contribution in [0.4, 0.5) is 4.11 Å². The molecule has 0 saturated heterocycles. The van der Waals surface area contributed by atoms with Crippen LogP contribution in [0.15, 0.2) is 42.6 Å². The Balaban J connectivity index is 2.84. The van der Waals surface area contributed by atoms with Crippen LogP contribution < -0.4 is 5.19 Å². The predicted molar refractivity (Wildman–Crippen MR) is 62.9 cm³/mol. The van der Waals surface area contributed by atoms with Gasteiger partial charge >= 0.3 is 8.41 Å². The summed E-state index contributed by atoms with van der Waals surface area (Å²) in [5, 5.41) is 0.850. The second-order valence-electron chi connectivity index (χ2n) is 3.54. The Hall–Kier alpha value is -0.893. The van der Waals surface area contributed by atoms with Crippen molar-refractivity contribution in [3.05, 3.63) is 42.6 Å². The summed E-state index contributed by atoms with van der Waals surface area (Å²) in [6, 6.07) is 10.1. The van der Waals surface area contributed by atoms with Crippen molar-refractivity contribution in [2.24, 2.45) is 0 Å². The molecule has 1 unspecified atom stereocenters. The molecule has 0 aromatic heterocycles. The molecule has 0 aliphatic carbocycles. The highest BCUT2D eigenvalue weighted by molar-refractivity contribution is 6.90. The van der Waals surface area contributed by atoms with Crippen molar-refractivity contribution in [3.63, 3.8) is 0 Å². The van der Waals surface area contributed by atoms with Crippen LogP contribution in [-0.4, -0.2) is 8.41 Å². The van der Waals surface area contributed by atoms with Gasteiger partial charge in [-0.25, -0.2) is 0 Å². The van der Waals surface area contributed by atoms with Crippen molar-refractivity contribution >= 4 is 13.6 Å². The quantitative estimate of drug-likeness (QED) is 0.514. The van der Waals surface area contributed by atoms with E-state index in [0.29, 0.717) is 6.04 Å². The highest BCUT2D eigenvalue weighted by Crippen LogP contribution is 2.16. The first kappa shape index (κ1) is 11.2. The van der Waals surface area contributed by atoms with E-state index >= 15 is 0 Å². The van der Waals surface area contributed by atoms with Crippen molar-refractivity contribution in [2.75, 3.05) is 0 Å². The third kappa shape index (κ3) is 2.55. The molecule has 0 fully saturated rings. The molecule has 0 N–H and O–H groups in total. The maximum Gasteiger partial charge on any atom is 0.300 e. The van der Waals surface area contributed by atoms with Gasteiger partial charge in [0.05, 0.1) is 0 Å². The number of rotatable bonds is 5. The van der Waals surface area contributed by atoms with Crippen LogP contribution in [0, 0.1) is 0 Å². The molecule has 14 heavy (non-hydrogen) atoms. The number of hydrogen-bond donors (Lipinski definition) is 0. The van der Waals surface area contributed by atoms with Gasteiger partial charge in [-0.1, -0.05) is 55.8 Å². The third-order valence-electron chi connectivity index (χ3n) is 2.47. The van der Waals surface area contributed by atoms with E-state index in [1.165, 1.54) is 0 Å². The van der Waals surface area contributed by atoms with Crippen LogP contribution in [0.5, 0.6) is 0 Å². The predicted octanol–water partition coefficient (Wildman–Crippen LogP) is 3.33. The molecule has 0 aliphatic rings. The van der Waals surface area contributed by atoms with E-state index in [4.69, 9.17) is 0 Å². The molecule has 0 heterocycles. The first-order valence-corrected chi connectivity index (χ1v) is 7.27. The van der Waals surface area contributed by atoms with Crippen molar-refractivity contribution in [1.82, 2.24) is 0 Å². The van der Waals surface area contributed by atoms with Gasteiger partial charge in [0.25, 0.3) is 0 Å². The molecule has 0 amide bonds. The Bertz CT molecular complexity index is 284. The van der Waals surface area contributed by atoms with Crippen molar-refractivity contribution < 1.29 is 4.11 Å². The van der Waals surface area contributed by atoms with Crippen molar-refractivity contribution in [3.8, 4) is 0 Å². The molecule has 1 rings (SSSR count). The maximum absolute atomic E-state index is 14.5. The normalized spacial score (nSPS) is 14.7. The van der Waals surface area contributed by atoms with Gasteiger partial charge in [0.2, 0.25) is 0 Å². The standard InChI is InChI=1S/C12H17FSi/c1-3-5-11-14(13,4-2)12-9-7-6-8-10-12/h4,6-10H,2-3,5,11H2,1H3. The fraction of sp³-hybridized carbons (Fsp3) is 0.333. The van der Waals surface area contributed by atoms with E-state index in [2.05, 4.69) is 13.5 Å². The number of benzene rings is 1. The summed E-state index contributed by atoms with van der Waals surface area (Å²) >= 11 is 0. The summed E-state index contributed by atoms with van der Waals surface area (Å²) in [5.41, 5.74) is 1.55. The zero-order chi connectivity index (χ0) is 10.4. The van der Waals surface area contributed by atoms with E-state index in [9.17, 15) is 4.11 Å². The number of hydrogen-bond acceptors (Lipinski definition) is 0. The summed E-state index contributed by atoms with van der Waals surface area (Å²) in [7, 11) is -2.86. The zero-order valence-electron chi connectivity index (χ0n) is 8.67. The molecular weight excluding hydrogens is 191 g/mol. The van der Waals surface area contributed by atoms with Crippen LogP contribution in [0.2, 0.25) is 6.04 Å². The first-order valence-electron chi connectivity index (χ1n) is 5.11. The molecule has 0 nitrogen and oxygen atoms in total. The van der Waals surface area contributed by atoms with Crippen LogP contribution in [-0.2, 0) is 0 Å². The van der Waals surface area contributed by atoms with E-state index in [-0.39, 0.29) is 0 Å². The molecule has 1 aromatic rings. The lowest BCUT2D eigenvalue weighted by Gasteiger charge is -2.18. The SMILES string of the molecule is C=C[Si](F)(CCCC)c1ccccc1. The molecule has 0 bridgehead atoms. The van der Waals surface area contributed by atoms with Gasteiger partial charge in [0, 0.05) is 0 Å². The summed E-state index contributed by atoms with van der Waals surface area (Å²) < 4.78 is 14.5. The molecule has 0 saturated carbocycles. The molecule has 1 aromatic carbocycles. The minimum absolute atomic E-state index is 0.664. The molecular formula is C12H17FSi. The largest absolute Gasteiger partial charge is 0.302 e. The molecule has 76 valence electrons. The van der Waals surface area contributed by atoms with Gasteiger partial charge in [0.15, 0.2) is 0 Å². The highest BCUT2D eigenvalue weighted by Gasteiger charge is 2.31. The van der Waals surface area contributed by atoms with Gasteiger partial charge in [-0.15, -0.1) is 6.58 Å². The lowest BCUT2D eigenvalue weighted by atomic mass is 10.4. The molecule has 1 atom stereocenters. The minimum atomic E-state index is -2.86. The minimum Gasteiger partial charge on any atom is -0.302 e. The lowest BCUT2D eigenvalue weighted by molar-refractivity contribution is 0.769. The average molecular weight is 208 g/mol. The van der Waals surface area contributed by atoms with E-state index in [1.54, 1.807) is 5.70 Å². The average Bonchev–Trinajstić information content (AvgIpc) is 2.27. The van der Waals surface area contributed by atoms with Crippen LogP contribution in [0.1, 0.15) is 19.8 Å². The first-order chi connectivity index (χ1) is 6.73. The number of halogens is 1. The highest BCUT2D eigenvalue weighted by atomic mass is 28.4. The van der Waals surface area contributed by atoms with Gasteiger partial charge in [0.1, 0.15) is 0 Å². The fourth-order valence-corrected chi connectivity index (χ4v) is 3.86. The molecule has 0 aliphatic heterocycles. The lowest BCUT2D eigenvalue weighted by Crippen LogP contribution is -2.41. The van der Waals surface area contributed by atoms with Crippen molar-refractivity contribution in [2.45, 2.75) is 25.8 Å². The van der Waals surface area contributed by atoms with E-state index in [0.717, 1.165) is 18.0 Å². The Labute approximate surface area is 86.7 Å². The maximum atomic E-state index is 14.5. The second-order valence-corrected chi connectivity index (χ2v) is 6.75. The fourth-order valence-electron chi connectivity index (χ4n) is 1.51. The Morgan fingerprint density at radius 3 is 2.50 bits per heavy atom. The summed E-state index contributed by atoms with van der Waals surface area (Å²) in [6.07, 6.45) is 1.99. The van der Waals surface area contributed by atoms with E-state index < -0.39 is 8.41 Å². The summed E-state index contributed by atoms with van der Waals surface area (Å²) in [4.78, 5) is 0. The zero-order valence-corrected chi connectivity index (χ0v) is 9.67. The Morgan fingerprint density at radius 2 is 2.00 bits per heavy atom. The molecule has 0 spiro atoms. The molecule has 0 radical (unpaired) electrons. The smallest absolute Gasteiger partial charge is 0.300 e. The van der Waals surface area contributed by atoms with Gasteiger partial charge in [-0.05, 0) is 11.2 Å². The Kier molecular flexibility index (Phi) is 4.08. The topological polar surface area (TPSA) is 0 Å².